The van der Waals surface area contributed by atoms with E-state index in [9.17, 15) is 9.90 Å². The number of carbonyl (C=O) groups excluding carboxylic acids is 1. The van der Waals surface area contributed by atoms with E-state index < -0.39 is 5.60 Å². The Morgan fingerprint density at radius 2 is 2.20 bits per heavy atom. The second-order valence-electron chi connectivity index (χ2n) is 5.74. The van der Waals surface area contributed by atoms with E-state index in [1.54, 1.807) is 0 Å². The Morgan fingerprint density at radius 3 is 2.80 bits per heavy atom. The highest BCUT2D eigenvalue weighted by Crippen LogP contribution is 2.24. The molecule has 1 heterocycles. The molecule has 0 aliphatic carbocycles. The van der Waals surface area contributed by atoms with Crippen LogP contribution in [0.5, 0.6) is 0 Å². The van der Waals surface area contributed by atoms with Crippen LogP contribution in [0.2, 0.25) is 0 Å². The maximum atomic E-state index is 12.0. The van der Waals surface area contributed by atoms with Crippen molar-refractivity contribution in [2.45, 2.75) is 45.3 Å². The van der Waals surface area contributed by atoms with E-state index in [0.717, 1.165) is 5.56 Å². The quantitative estimate of drug-likeness (QED) is 0.877. The zero-order valence-electron chi connectivity index (χ0n) is 12.4. The fraction of sp³-hybridized carbons (Fsp3) is 0.562. The van der Waals surface area contributed by atoms with Crippen LogP contribution in [0.3, 0.4) is 0 Å². The molecule has 1 fully saturated rings. The second-order valence-corrected chi connectivity index (χ2v) is 5.74. The number of carbonyl (C=O) groups is 1. The minimum atomic E-state index is -0.932. The average molecular weight is 277 g/mol. The summed E-state index contributed by atoms with van der Waals surface area (Å²) in [6, 6.07) is 6.03. The van der Waals surface area contributed by atoms with Crippen LogP contribution in [0.4, 0.5) is 0 Å². The molecular formula is C16H23NO3. The zero-order valence-corrected chi connectivity index (χ0v) is 12.4. The third-order valence-electron chi connectivity index (χ3n) is 4.19. The molecular weight excluding hydrogens is 254 g/mol. The number of ether oxygens (including phenoxy) is 1. The lowest BCUT2D eigenvalue weighted by Gasteiger charge is -2.26. The predicted octanol–water partition coefficient (Wildman–Crippen LogP) is 1.50. The van der Waals surface area contributed by atoms with Crippen molar-refractivity contribution in [2.75, 3.05) is 13.2 Å². The Balaban J connectivity index is 1.88. The number of hydrogen-bond acceptors (Lipinski definition) is 3. The summed E-state index contributed by atoms with van der Waals surface area (Å²) in [6.45, 7) is 6.72. The number of rotatable bonds is 4. The normalized spacial score (nSPS) is 25.7. The van der Waals surface area contributed by atoms with Gasteiger partial charge in [0.05, 0.1) is 12.5 Å². The molecule has 20 heavy (non-hydrogen) atoms. The van der Waals surface area contributed by atoms with Gasteiger partial charge in [0.2, 0.25) is 5.91 Å². The van der Waals surface area contributed by atoms with E-state index >= 15 is 0 Å². The SMILES string of the molecule is Cc1ccc(CC(=O)NCC2(O)CCOC2C)cc1C. The first-order chi connectivity index (χ1) is 9.40. The molecule has 0 bridgehead atoms. The number of benzene rings is 1. The van der Waals surface area contributed by atoms with Crippen LogP contribution in [0.15, 0.2) is 18.2 Å². The van der Waals surface area contributed by atoms with Gasteiger partial charge in [0.25, 0.3) is 0 Å². The summed E-state index contributed by atoms with van der Waals surface area (Å²) < 4.78 is 5.35. The lowest BCUT2D eigenvalue weighted by molar-refractivity contribution is -0.122. The minimum absolute atomic E-state index is 0.0687. The van der Waals surface area contributed by atoms with E-state index in [1.807, 2.05) is 32.0 Å². The molecule has 110 valence electrons. The Morgan fingerprint density at radius 1 is 1.45 bits per heavy atom. The Kier molecular flexibility index (Phi) is 4.45. The molecule has 4 nitrogen and oxygen atoms in total. The number of aryl methyl sites for hydroxylation is 2. The molecule has 1 aromatic rings. The Hall–Kier alpha value is -1.39. The summed E-state index contributed by atoms with van der Waals surface area (Å²) in [5, 5.41) is 13.1. The van der Waals surface area contributed by atoms with E-state index in [1.165, 1.54) is 11.1 Å². The standard InChI is InChI=1S/C16H23NO3/c1-11-4-5-14(8-12(11)2)9-15(18)17-10-16(19)6-7-20-13(16)3/h4-5,8,13,19H,6-7,9-10H2,1-3H3,(H,17,18). The summed E-state index contributed by atoms with van der Waals surface area (Å²) in [5.41, 5.74) is 2.47. The van der Waals surface area contributed by atoms with Gasteiger partial charge in [-0.3, -0.25) is 4.79 Å². The van der Waals surface area contributed by atoms with E-state index in [0.29, 0.717) is 19.4 Å². The van der Waals surface area contributed by atoms with Gasteiger partial charge in [0.15, 0.2) is 0 Å². The Bertz CT molecular complexity index is 500. The smallest absolute Gasteiger partial charge is 0.224 e. The highest BCUT2D eigenvalue weighted by Gasteiger charge is 2.39. The molecule has 1 aliphatic rings. The van der Waals surface area contributed by atoms with Gasteiger partial charge in [0, 0.05) is 19.6 Å². The molecule has 0 aromatic heterocycles. The van der Waals surface area contributed by atoms with E-state index in [2.05, 4.69) is 12.2 Å². The highest BCUT2D eigenvalue weighted by atomic mass is 16.5. The molecule has 4 heteroatoms. The molecule has 1 aromatic carbocycles. The van der Waals surface area contributed by atoms with Gasteiger partial charge in [-0.2, -0.15) is 0 Å². The fourth-order valence-electron chi connectivity index (χ4n) is 2.42. The van der Waals surface area contributed by atoms with Crippen LogP contribution in [0.1, 0.15) is 30.0 Å². The van der Waals surface area contributed by atoms with Gasteiger partial charge in [0.1, 0.15) is 5.60 Å². The van der Waals surface area contributed by atoms with Crippen molar-refractivity contribution >= 4 is 5.91 Å². The van der Waals surface area contributed by atoms with Gasteiger partial charge in [-0.15, -0.1) is 0 Å². The summed E-state index contributed by atoms with van der Waals surface area (Å²) in [4.78, 5) is 12.0. The maximum Gasteiger partial charge on any atom is 0.224 e. The average Bonchev–Trinajstić information content (AvgIpc) is 2.72. The van der Waals surface area contributed by atoms with Crippen molar-refractivity contribution in [1.82, 2.24) is 5.32 Å². The van der Waals surface area contributed by atoms with Gasteiger partial charge in [-0.1, -0.05) is 18.2 Å². The first kappa shape index (κ1) is 15.0. The van der Waals surface area contributed by atoms with Crippen molar-refractivity contribution in [1.29, 1.82) is 0 Å². The molecule has 2 atom stereocenters. The van der Waals surface area contributed by atoms with Crippen LogP contribution < -0.4 is 5.32 Å². The summed E-state index contributed by atoms with van der Waals surface area (Å²) in [7, 11) is 0. The number of nitrogens with one attached hydrogen (secondary N) is 1. The Labute approximate surface area is 120 Å². The summed E-state index contributed by atoms with van der Waals surface area (Å²) in [6.07, 6.45) is 0.675. The van der Waals surface area contributed by atoms with Crippen molar-refractivity contribution in [3.05, 3.63) is 34.9 Å². The predicted molar refractivity (Wildman–Crippen MR) is 77.6 cm³/mol. The lowest BCUT2D eigenvalue weighted by Crippen LogP contribution is -2.47. The molecule has 0 radical (unpaired) electrons. The van der Waals surface area contributed by atoms with E-state index in [-0.39, 0.29) is 18.6 Å². The lowest BCUT2D eigenvalue weighted by atomic mass is 9.96. The van der Waals surface area contributed by atoms with Gasteiger partial charge >= 0.3 is 0 Å². The minimum Gasteiger partial charge on any atom is -0.385 e. The van der Waals surface area contributed by atoms with Gasteiger partial charge in [-0.25, -0.2) is 0 Å². The zero-order chi connectivity index (χ0) is 14.8. The molecule has 1 saturated heterocycles. The third kappa shape index (κ3) is 3.38. The van der Waals surface area contributed by atoms with Crippen molar-refractivity contribution < 1.29 is 14.6 Å². The number of amides is 1. The molecule has 0 spiro atoms. The van der Waals surface area contributed by atoms with Gasteiger partial charge in [-0.05, 0) is 37.5 Å². The molecule has 2 unspecified atom stereocenters. The summed E-state index contributed by atoms with van der Waals surface area (Å²) >= 11 is 0. The topological polar surface area (TPSA) is 58.6 Å². The third-order valence-corrected chi connectivity index (χ3v) is 4.19. The maximum absolute atomic E-state index is 12.0. The van der Waals surface area contributed by atoms with Crippen LogP contribution >= 0.6 is 0 Å². The fourth-order valence-corrected chi connectivity index (χ4v) is 2.42. The van der Waals surface area contributed by atoms with Crippen molar-refractivity contribution in [3.63, 3.8) is 0 Å². The monoisotopic (exact) mass is 277 g/mol. The summed E-state index contributed by atoms with van der Waals surface area (Å²) in [5.74, 6) is -0.0687. The van der Waals surface area contributed by atoms with Crippen LogP contribution in [0, 0.1) is 13.8 Å². The number of aliphatic hydroxyl groups is 1. The van der Waals surface area contributed by atoms with Crippen molar-refractivity contribution in [3.8, 4) is 0 Å². The molecule has 2 N–H and O–H groups in total. The highest BCUT2D eigenvalue weighted by molar-refractivity contribution is 5.78. The molecule has 0 saturated carbocycles. The first-order valence-corrected chi connectivity index (χ1v) is 7.07. The number of hydrogen-bond donors (Lipinski definition) is 2. The molecule has 1 aliphatic heterocycles. The molecule has 2 rings (SSSR count). The van der Waals surface area contributed by atoms with Crippen molar-refractivity contribution in [2.24, 2.45) is 0 Å². The largest absolute Gasteiger partial charge is 0.385 e. The van der Waals surface area contributed by atoms with Crippen LogP contribution in [-0.4, -0.2) is 35.9 Å². The van der Waals surface area contributed by atoms with E-state index in [4.69, 9.17) is 4.74 Å². The van der Waals surface area contributed by atoms with Crippen LogP contribution in [0.25, 0.3) is 0 Å². The first-order valence-electron chi connectivity index (χ1n) is 7.07. The van der Waals surface area contributed by atoms with Crippen LogP contribution in [-0.2, 0) is 16.0 Å². The molecule has 1 amide bonds. The van der Waals surface area contributed by atoms with Gasteiger partial charge < -0.3 is 15.2 Å². The second kappa shape index (κ2) is 5.94.